The zero-order chi connectivity index (χ0) is 12.2. The Kier molecular flexibility index (Phi) is 3.53. The molecule has 0 unspecified atom stereocenters. The highest BCUT2D eigenvalue weighted by molar-refractivity contribution is 5.81. The van der Waals surface area contributed by atoms with Crippen LogP contribution < -0.4 is 10.6 Å². The van der Waals surface area contributed by atoms with Crippen LogP contribution >= 0.6 is 0 Å². The van der Waals surface area contributed by atoms with Crippen molar-refractivity contribution in [1.29, 1.82) is 0 Å². The van der Waals surface area contributed by atoms with Gasteiger partial charge in [0.1, 0.15) is 0 Å². The van der Waals surface area contributed by atoms with Crippen molar-refractivity contribution in [3.05, 3.63) is 42.2 Å². The maximum atomic E-state index is 4.49. The molecule has 18 heavy (non-hydrogen) atoms. The first-order chi connectivity index (χ1) is 8.92. The van der Waals surface area contributed by atoms with E-state index < -0.39 is 0 Å². The summed E-state index contributed by atoms with van der Waals surface area (Å²) < 4.78 is 0. The second-order valence-corrected chi connectivity index (χ2v) is 4.95. The average molecular weight is 241 g/mol. The lowest BCUT2D eigenvalue weighted by atomic mass is 10.1. The summed E-state index contributed by atoms with van der Waals surface area (Å²) in [5.41, 5.74) is 1.12. The van der Waals surface area contributed by atoms with E-state index in [4.69, 9.17) is 0 Å². The van der Waals surface area contributed by atoms with Gasteiger partial charge in [-0.1, -0.05) is 24.3 Å². The molecule has 3 heteroatoms. The van der Waals surface area contributed by atoms with Crippen molar-refractivity contribution in [1.82, 2.24) is 15.6 Å². The van der Waals surface area contributed by atoms with E-state index in [1.807, 2.05) is 12.3 Å². The Morgan fingerprint density at radius 2 is 2.17 bits per heavy atom. The van der Waals surface area contributed by atoms with Crippen LogP contribution in [0.1, 0.15) is 18.5 Å². The van der Waals surface area contributed by atoms with Crippen molar-refractivity contribution in [2.45, 2.75) is 25.4 Å². The predicted molar refractivity (Wildman–Crippen MR) is 74.5 cm³/mol. The Hall–Kier alpha value is -1.45. The molecular formula is C15H19N3. The van der Waals surface area contributed by atoms with E-state index >= 15 is 0 Å². The summed E-state index contributed by atoms with van der Waals surface area (Å²) in [5.74, 6) is 0. The predicted octanol–water partition coefficient (Wildman–Crippen LogP) is 2.08. The Balaban J connectivity index is 1.60. The highest BCUT2D eigenvalue weighted by atomic mass is 15.0. The number of nitrogens with zero attached hydrogens (tertiary/aromatic N) is 1. The summed E-state index contributed by atoms with van der Waals surface area (Å²) in [7, 11) is 0. The van der Waals surface area contributed by atoms with E-state index in [-0.39, 0.29) is 0 Å². The van der Waals surface area contributed by atoms with Crippen LogP contribution in [0.25, 0.3) is 10.8 Å². The molecule has 0 spiro atoms. The van der Waals surface area contributed by atoms with Gasteiger partial charge in [-0.05, 0) is 30.8 Å². The lowest BCUT2D eigenvalue weighted by Gasteiger charge is -2.11. The molecule has 3 nitrogen and oxygen atoms in total. The second kappa shape index (κ2) is 5.46. The molecule has 2 heterocycles. The van der Waals surface area contributed by atoms with Gasteiger partial charge in [0.25, 0.3) is 0 Å². The maximum Gasteiger partial charge on any atom is 0.0548 e. The molecule has 1 aromatic heterocycles. The van der Waals surface area contributed by atoms with Crippen molar-refractivity contribution < 1.29 is 0 Å². The van der Waals surface area contributed by atoms with Crippen molar-refractivity contribution in [2.24, 2.45) is 0 Å². The fourth-order valence-electron chi connectivity index (χ4n) is 2.53. The number of rotatable bonds is 4. The molecule has 1 aliphatic heterocycles. The molecular weight excluding hydrogens is 222 g/mol. The van der Waals surface area contributed by atoms with Crippen LogP contribution in [-0.2, 0) is 6.54 Å². The molecule has 1 aromatic carbocycles. The molecule has 1 atom stereocenters. The summed E-state index contributed by atoms with van der Waals surface area (Å²) in [6, 6.07) is 11.2. The Morgan fingerprint density at radius 1 is 1.28 bits per heavy atom. The van der Waals surface area contributed by atoms with Gasteiger partial charge in [0.15, 0.2) is 0 Å². The molecule has 0 amide bonds. The molecule has 94 valence electrons. The molecule has 1 aliphatic rings. The van der Waals surface area contributed by atoms with Crippen molar-refractivity contribution in [3.63, 3.8) is 0 Å². The van der Waals surface area contributed by atoms with Gasteiger partial charge in [0.05, 0.1) is 5.69 Å². The van der Waals surface area contributed by atoms with Gasteiger partial charge in [-0.25, -0.2) is 0 Å². The van der Waals surface area contributed by atoms with E-state index in [0.717, 1.165) is 18.8 Å². The van der Waals surface area contributed by atoms with Gasteiger partial charge < -0.3 is 10.6 Å². The molecule has 1 saturated heterocycles. The van der Waals surface area contributed by atoms with Gasteiger partial charge in [0, 0.05) is 30.7 Å². The average Bonchev–Trinajstić information content (AvgIpc) is 2.92. The molecule has 0 aliphatic carbocycles. The van der Waals surface area contributed by atoms with E-state index in [0.29, 0.717) is 6.04 Å². The van der Waals surface area contributed by atoms with Crippen LogP contribution in [0.4, 0.5) is 0 Å². The Morgan fingerprint density at radius 3 is 3.00 bits per heavy atom. The molecule has 1 fully saturated rings. The summed E-state index contributed by atoms with van der Waals surface area (Å²) in [5, 5.41) is 9.45. The summed E-state index contributed by atoms with van der Waals surface area (Å²) in [6.07, 6.45) is 4.55. The number of fused-ring (bicyclic) bond motifs is 1. The van der Waals surface area contributed by atoms with Gasteiger partial charge in [-0.2, -0.15) is 0 Å². The number of hydrogen-bond acceptors (Lipinski definition) is 3. The van der Waals surface area contributed by atoms with Crippen molar-refractivity contribution >= 4 is 10.8 Å². The van der Waals surface area contributed by atoms with Crippen molar-refractivity contribution in [2.75, 3.05) is 13.1 Å². The third kappa shape index (κ3) is 2.68. The zero-order valence-electron chi connectivity index (χ0n) is 10.5. The largest absolute Gasteiger partial charge is 0.313 e. The first kappa shape index (κ1) is 11.6. The number of pyridine rings is 1. The first-order valence-corrected chi connectivity index (χ1v) is 6.69. The van der Waals surface area contributed by atoms with E-state index in [1.165, 1.54) is 30.2 Å². The van der Waals surface area contributed by atoms with Gasteiger partial charge >= 0.3 is 0 Å². The zero-order valence-corrected chi connectivity index (χ0v) is 10.5. The minimum atomic E-state index is 0.644. The summed E-state index contributed by atoms with van der Waals surface area (Å²) in [4.78, 5) is 4.49. The number of benzene rings is 1. The SMILES string of the molecule is c1ccc2cc(CNC[C@@H]3CCCN3)ncc2c1. The van der Waals surface area contributed by atoms with Gasteiger partial charge in [-0.15, -0.1) is 0 Å². The molecule has 2 aromatic rings. The van der Waals surface area contributed by atoms with E-state index in [2.05, 4.69) is 39.9 Å². The number of hydrogen-bond donors (Lipinski definition) is 2. The lowest BCUT2D eigenvalue weighted by molar-refractivity contribution is 0.533. The van der Waals surface area contributed by atoms with Crippen LogP contribution in [0.15, 0.2) is 36.5 Å². The minimum absolute atomic E-state index is 0.644. The van der Waals surface area contributed by atoms with Crippen LogP contribution in [0, 0.1) is 0 Å². The summed E-state index contributed by atoms with van der Waals surface area (Å²) >= 11 is 0. The first-order valence-electron chi connectivity index (χ1n) is 6.69. The van der Waals surface area contributed by atoms with Gasteiger partial charge in [-0.3, -0.25) is 4.98 Å². The topological polar surface area (TPSA) is 37.0 Å². The van der Waals surface area contributed by atoms with Crippen LogP contribution in [0.2, 0.25) is 0 Å². The van der Waals surface area contributed by atoms with E-state index in [1.54, 1.807) is 0 Å². The third-order valence-corrected chi connectivity index (χ3v) is 3.55. The number of nitrogens with one attached hydrogen (secondary N) is 2. The van der Waals surface area contributed by atoms with Crippen LogP contribution in [0.5, 0.6) is 0 Å². The Bertz CT molecular complexity index is 518. The normalized spacial score (nSPS) is 19.4. The fourth-order valence-corrected chi connectivity index (χ4v) is 2.53. The Labute approximate surface area is 108 Å². The summed E-state index contributed by atoms with van der Waals surface area (Å²) in [6.45, 7) is 3.05. The molecule has 2 N–H and O–H groups in total. The molecule has 0 bridgehead atoms. The van der Waals surface area contributed by atoms with Crippen LogP contribution in [0.3, 0.4) is 0 Å². The third-order valence-electron chi connectivity index (χ3n) is 3.55. The van der Waals surface area contributed by atoms with Crippen LogP contribution in [-0.4, -0.2) is 24.1 Å². The maximum absolute atomic E-state index is 4.49. The smallest absolute Gasteiger partial charge is 0.0548 e. The monoisotopic (exact) mass is 241 g/mol. The molecule has 0 radical (unpaired) electrons. The lowest BCUT2D eigenvalue weighted by Crippen LogP contribution is -2.33. The highest BCUT2D eigenvalue weighted by Crippen LogP contribution is 2.13. The van der Waals surface area contributed by atoms with Crippen molar-refractivity contribution in [3.8, 4) is 0 Å². The fraction of sp³-hybridized carbons (Fsp3) is 0.400. The minimum Gasteiger partial charge on any atom is -0.313 e. The van der Waals surface area contributed by atoms with Gasteiger partial charge in [0.2, 0.25) is 0 Å². The molecule has 3 rings (SSSR count). The standard InChI is InChI=1S/C15H19N3/c1-2-5-13-9-18-15(8-12(13)4-1)11-16-10-14-6-3-7-17-14/h1-2,4-5,8-9,14,16-17H,3,6-7,10-11H2/t14-/m0/s1. The number of aromatic nitrogens is 1. The van der Waals surface area contributed by atoms with E-state index in [9.17, 15) is 0 Å². The molecule has 0 saturated carbocycles. The highest BCUT2D eigenvalue weighted by Gasteiger charge is 2.12. The second-order valence-electron chi connectivity index (χ2n) is 4.95. The quantitative estimate of drug-likeness (QED) is 0.860.